The Hall–Kier alpha value is 1.05. The zero-order chi connectivity index (χ0) is 46.3. The van der Waals surface area contributed by atoms with Crippen LogP contribution in [0.3, 0.4) is 0 Å². The minimum absolute atomic E-state index is 0. The summed E-state index contributed by atoms with van der Waals surface area (Å²) < 4.78 is 28.9. The number of carbonyl (C=O) groups is 2. The van der Waals surface area contributed by atoms with Gasteiger partial charge in [-0.1, -0.05) is 97.1 Å². The maximum absolute atomic E-state index is 14.5. The molecule has 0 aliphatic heterocycles. The average molecular weight is 1580 g/mol. The number of unbranched alkanes of at least 4 members (excludes halogenated alkanes) is 2. The van der Waals surface area contributed by atoms with Gasteiger partial charge in [0.05, 0.1) is 24.4 Å². The molecule has 0 saturated heterocycles. The van der Waals surface area contributed by atoms with Crippen LogP contribution in [0.4, 0.5) is 8.78 Å². The van der Waals surface area contributed by atoms with Crippen LogP contribution in [0.2, 0.25) is 0 Å². The smallest absolute Gasteiger partial charge is 0.303 e. The first-order chi connectivity index (χ1) is 30.3. The standard InChI is InChI=1S/2C24H31FO4.I3.I2.Pr/c2*25-21-15-23(27)20(9-3-1-2-4-10-24(28)29)19(21)11-12-22(26)18-13-16-7-5-6-8-17(16)14-18;1-3-2;1-2;/h2*1,3,5-8,11-12,18-23,26-27H,2,4,9-10,13-15H2,(H,28,29);;;/q;;-1;;/b2*3-1-,12-11+;;;/t2*19-,20-,21+,22+,23+;;;/m11.../s1. The van der Waals surface area contributed by atoms with Gasteiger partial charge < -0.3 is 30.6 Å². The molecule has 8 nitrogen and oxygen atoms in total. The summed E-state index contributed by atoms with van der Waals surface area (Å²) >= 11 is 9.54. The number of aliphatic hydroxyl groups excluding tert-OH is 4. The molecular formula is C48H62F2I5O8Pr-. The van der Waals surface area contributed by atoms with Crippen LogP contribution in [0.15, 0.2) is 97.1 Å². The number of hydrogen-bond donors (Lipinski definition) is 6. The van der Waals surface area contributed by atoms with Crippen LogP contribution in [0, 0.1) is 76.8 Å². The van der Waals surface area contributed by atoms with E-state index < -0.39 is 60.5 Å². The predicted molar refractivity (Wildman–Crippen MR) is 277 cm³/mol. The van der Waals surface area contributed by atoms with Gasteiger partial charge in [0.1, 0.15) is 12.3 Å². The van der Waals surface area contributed by atoms with Crippen LogP contribution < -0.4 is 13.3 Å². The zero-order valence-electron chi connectivity index (χ0n) is 35.8. The number of fused-ring (bicyclic) bond motifs is 2. The quantitative estimate of drug-likeness (QED) is 0.0496. The Balaban J connectivity index is 0.000000394. The van der Waals surface area contributed by atoms with Crippen molar-refractivity contribution in [2.75, 3.05) is 0 Å². The van der Waals surface area contributed by atoms with Gasteiger partial charge in [0.2, 0.25) is 0 Å². The van der Waals surface area contributed by atoms with Crippen LogP contribution in [-0.2, 0) is 35.3 Å². The number of carboxylic acid groups (broad SMARTS) is 2. The van der Waals surface area contributed by atoms with Crippen molar-refractivity contribution in [3.8, 4) is 0 Å². The second-order valence-electron chi connectivity index (χ2n) is 16.8. The molecule has 0 spiro atoms. The van der Waals surface area contributed by atoms with Crippen molar-refractivity contribution in [2.24, 2.45) is 35.5 Å². The molecule has 4 aliphatic carbocycles. The van der Waals surface area contributed by atoms with Gasteiger partial charge in [-0.15, -0.1) is 0 Å². The summed E-state index contributed by atoms with van der Waals surface area (Å²) in [6.07, 6.45) is 17.1. The van der Waals surface area contributed by atoms with Crippen molar-refractivity contribution >= 4 is 86.4 Å². The van der Waals surface area contributed by atoms with Crippen LogP contribution >= 0.6 is 74.5 Å². The maximum Gasteiger partial charge on any atom is 0.303 e. The Morgan fingerprint density at radius 1 is 0.641 bits per heavy atom. The fourth-order valence-corrected chi connectivity index (χ4v) is 9.28. The van der Waals surface area contributed by atoms with Gasteiger partial charge in [-0.2, -0.15) is 0 Å². The van der Waals surface area contributed by atoms with Gasteiger partial charge in [-0.25, -0.2) is 8.78 Å². The van der Waals surface area contributed by atoms with Gasteiger partial charge >= 0.3 is 62.4 Å². The molecule has 2 aromatic carbocycles. The van der Waals surface area contributed by atoms with E-state index in [2.05, 4.69) is 98.7 Å². The monoisotopic (exact) mass is 1580 g/mol. The first-order valence-electron chi connectivity index (χ1n) is 21.6. The Labute approximate surface area is 464 Å². The predicted octanol–water partition coefficient (Wildman–Crippen LogP) is 8.26. The summed E-state index contributed by atoms with van der Waals surface area (Å²) in [5.74, 6) is -2.65. The fourth-order valence-electron chi connectivity index (χ4n) is 9.28. The number of allylic oxidation sites excluding steroid dienone is 6. The normalized spacial score (nSPS) is 26.2. The number of aliphatic hydroxyl groups is 4. The maximum atomic E-state index is 14.5. The number of rotatable bonds is 18. The molecule has 2 saturated carbocycles. The second kappa shape index (κ2) is 34.4. The average Bonchev–Trinajstić information content (AvgIpc) is 4.02. The van der Waals surface area contributed by atoms with E-state index in [0.29, 0.717) is 51.8 Å². The topological polar surface area (TPSA) is 156 Å². The third-order valence-corrected chi connectivity index (χ3v) is 12.6. The summed E-state index contributed by atoms with van der Waals surface area (Å²) in [7, 11) is 0. The Bertz CT molecular complexity index is 1610. The van der Waals surface area contributed by atoms with Crippen LogP contribution in [0.1, 0.15) is 86.5 Å². The molecule has 16 heteroatoms. The van der Waals surface area contributed by atoms with Gasteiger partial charge in [0, 0.05) is 116 Å². The van der Waals surface area contributed by atoms with E-state index in [9.17, 15) is 38.8 Å². The van der Waals surface area contributed by atoms with Crippen molar-refractivity contribution in [3.05, 3.63) is 119 Å². The molecule has 4 aliphatic rings. The molecule has 0 aromatic heterocycles. The van der Waals surface area contributed by atoms with Crippen molar-refractivity contribution < 1.29 is 104 Å². The first-order valence-corrected chi connectivity index (χ1v) is 40.4. The van der Waals surface area contributed by atoms with Crippen molar-refractivity contribution in [1.29, 1.82) is 0 Å². The number of carboxylic acids is 2. The summed E-state index contributed by atoms with van der Waals surface area (Å²) in [6.45, 7) is 0. The van der Waals surface area contributed by atoms with Crippen LogP contribution in [-0.4, -0.2) is 79.3 Å². The molecule has 64 heavy (non-hydrogen) atoms. The third-order valence-electron chi connectivity index (χ3n) is 12.6. The first kappa shape index (κ1) is 61.2. The second-order valence-corrected chi connectivity index (χ2v) is 33.0. The number of benzene rings is 2. The zero-order valence-corrected chi connectivity index (χ0v) is 50.3. The Kier molecular flexibility index (Phi) is 32.9. The van der Waals surface area contributed by atoms with E-state index >= 15 is 0 Å². The van der Waals surface area contributed by atoms with Crippen molar-refractivity contribution in [3.63, 3.8) is 0 Å². The number of hydrogen-bond acceptors (Lipinski definition) is 6. The Morgan fingerprint density at radius 3 is 1.25 bits per heavy atom. The molecule has 355 valence electrons. The van der Waals surface area contributed by atoms with Gasteiger partial charge in [-0.05, 0) is 110 Å². The summed E-state index contributed by atoms with van der Waals surface area (Å²) in [4.78, 5) is 21.0. The molecule has 6 rings (SSSR count). The molecule has 0 heterocycles. The van der Waals surface area contributed by atoms with Gasteiger partial charge in [-0.3, -0.25) is 9.59 Å². The third kappa shape index (κ3) is 21.2. The molecule has 10 atom stereocenters. The van der Waals surface area contributed by atoms with Gasteiger partial charge in [0.15, 0.2) is 0 Å². The van der Waals surface area contributed by atoms with Crippen molar-refractivity contribution in [2.45, 2.75) is 127 Å². The molecular weight excluding hydrogens is 1520 g/mol. The Morgan fingerprint density at radius 2 is 0.953 bits per heavy atom. The minimum Gasteiger partial charge on any atom is -0.481 e. The molecule has 0 amide bonds. The molecule has 0 unspecified atom stereocenters. The molecule has 2 aromatic rings. The van der Waals surface area contributed by atoms with E-state index in [1.165, 1.54) is 22.3 Å². The molecule has 0 bridgehead atoms. The van der Waals surface area contributed by atoms with E-state index in [4.69, 9.17) is 10.2 Å². The SMILES string of the molecule is II.I[I-]I.O=C(O)CCC/C=C\C[C@@H]1[C@@H](/C=C/[C@H](O)C2Cc3ccccc3C2)[C@@H](F)C[C@@H]1O.O=C(O)CCC/C=C\C[C@@H]1[C@@H](/C=C/[C@H](O)C2Cc3ccccc3C2)[C@@H](F)C[C@@H]1O.[Pr]. The van der Waals surface area contributed by atoms with E-state index in [1.54, 1.807) is 24.3 Å². The molecule has 1 radical (unpaired) electrons. The van der Waals surface area contributed by atoms with E-state index in [-0.39, 0.29) is 90.6 Å². The number of aliphatic carboxylic acids is 2. The summed E-state index contributed by atoms with van der Waals surface area (Å²) in [6, 6.07) is 16.4. The summed E-state index contributed by atoms with van der Waals surface area (Å²) in [5, 5.41) is 59.0. The fraction of sp³-hybridized carbons (Fsp3) is 0.542. The van der Waals surface area contributed by atoms with E-state index in [0.717, 1.165) is 25.7 Å². The van der Waals surface area contributed by atoms with Crippen molar-refractivity contribution in [1.82, 2.24) is 0 Å². The van der Waals surface area contributed by atoms with Crippen LogP contribution in [0.5, 0.6) is 0 Å². The summed E-state index contributed by atoms with van der Waals surface area (Å²) in [5.41, 5.74) is 5.09. The minimum atomic E-state index is -1.11. The largest absolute Gasteiger partial charge is 0.481 e. The number of halogens is 7. The van der Waals surface area contributed by atoms with Crippen LogP contribution in [0.25, 0.3) is 0 Å². The molecule has 2 fully saturated rings. The van der Waals surface area contributed by atoms with E-state index in [1.807, 2.05) is 48.6 Å². The number of alkyl halides is 2. The van der Waals surface area contributed by atoms with Gasteiger partial charge in [0.25, 0.3) is 0 Å². The molecule has 6 N–H and O–H groups in total.